The summed E-state index contributed by atoms with van der Waals surface area (Å²) in [6, 6.07) is 1.57. The van der Waals surface area contributed by atoms with Gasteiger partial charge in [0.05, 0.1) is 17.3 Å². The number of nitrogens with one attached hydrogen (secondary N) is 1. The van der Waals surface area contributed by atoms with Crippen LogP contribution in [0, 0.1) is 0 Å². The van der Waals surface area contributed by atoms with Crippen molar-refractivity contribution in [3.05, 3.63) is 18.0 Å². The smallest absolute Gasteiger partial charge is 0.258 e. The molecule has 0 saturated heterocycles. The number of nitrogens with zero attached hydrogens (tertiary/aromatic N) is 2. The Kier molecular flexibility index (Phi) is 3.92. The lowest BCUT2D eigenvalue weighted by molar-refractivity contribution is 0.399. The fraction of sp³-hybridized carbons (Fsp3) is 0.571. The molecule has 2 aromatic heterocycles. The number of aryl methyl sites for hydroxylation is 1. The topological polar surface area (TPSA) is 111 Å². The molecule has 120 valence electrons. The van der Waals surface area contributed by atoms with Crippen LogP contribution in [0.15, 0.2) is 21.7 Å². The van der Waals surface area contributed by atoms with Gasteiger partial charge in [0.1, 0.15) is 4.90 Å². The first-order valence-corrected chi connectivity index (χ1v) is 8.96. The predicted octanol–water partition coefficient (Wildman–Crippen LogP) is 1.33. The molecule has 0 radical (unpaired) electrons. The highest BCUT2D eigenvalue weighted by Crippen LogP contribution is 2.30. The van der Waals surface area contributed by atoms with E-state index in [0.717, 1.165) is 25.7 Å². The number of fused-ring (bicyclic) bond motifs is 1. The summed E-state index contributed by atoms with van der Waals surface area (Å²) in [6.07, 6.45) is 5.47. The molecule has 0 aromatic carbocycles. The Morgan fingerprint density at radius 1 is 1.41 bits per heavy atom. The molecule has 0 spiro atoms. The molecule has 8 heteroatoms. The van der Waals surface area contributed by atoms with E-state index in [0.29, 0.717) is 29.8 Å². The zero-order chi connectivity index (χ0) is 15.8. The van der Waals surface area contributed by atoms with E-state index in [1.54, 1.807) is 6.07 Å². The van der Waals surface area contributed by atoms with Crippen molar-refractivity contribution in [1.82, 2.24) is 14.9 Å². The number of hydrogen-bond acceptors (Lipinski definition) is 6. The summed E-state index contributed by atoms with van der Waals surface area (Å²) in [4.78, 5) is 4.18. The van der Waals surface area contributed by atoms with Gasteiger partial charge in [-0.1, -0.05) is 24.9 Å². The van der Waals surface area contributed by atoms with Gasteiger partial charge in [0.2, 0.25) is 10.0 Å². The molecule has 1 saturated carbocycles. The summed E-state index contributed by atoms with van der Waals surface area (Å²) in [7, 11) is -3.67. The van der Waals surface area contributed by atoms with Crippen LogP contribution in [0.4, 0.5) is 0 Å². The third kappa shape index (κ3) is 2.62. The molecule has 7 nitrogen and oxygen atoms in total. The monoisotopic (exact) mass is 324 g/mol. The van der Waals surface area contributed by atoms with Crippen molar-refractivity contribution in [2.45, 2.75) is 49.5 Å². The fourth-order valence-electron chi connectivity index (χ4n) is 3.01. The Hall–Kier alpha value is -1.51. The molecule has 0 unspecified atom stereocenters. The first-order valence-electron chi connectivity index (χ1n) is 7.48. The summed E-state index contributed by atoms with van der Waals surface area (Å²) in [5.74, 6) is 0. The molecule has 0 atom stereocenters. The predicted molar refractivity (Wildman–Crippen MR) is 81.8 cm³/mol. The van der Waals surface area contributed by atoms with Gasteiger partial charge in [-0.25, -0.2) is 18.1 Å². The van der Waals surface area contributed by atoms with Crippen LogP contribution in [-0.2, 0) is 16.4 Å². The van der Waals surface area contributed by atoms with Gasteiger partial charge in [-0.15, -0.1) is 0 Å². The zero-order valence-corrected chi connectivity index (χ0v) is 13.3. The minimum Gasteiger partial charge on any atom is -0.336 e. The third-order valence-corrected chi connectivity index (χ3v) is 5.87. The summed E-state index contributed by atoms with van der Waals surface area (Å²) < 4.78 is 33.2. The van der Waals surface area contributed by atoms with Crippen molar-refractivity contribution in [2.75, 3.05) is 6.54 Å². The molecule has 2 heterocycles. The largest absolute Gasteiger partial charge is 0.336 e. The fourth-order valence-corrected chi connectivity index (χ4v) is 4.45. The minimum atomic E-state index is -3.67. The first-order chi connectivity index (χ1) is 10.5. The second kappa shape index (κ2) is 5.60. The van der Waals surface area contributed by atoms with E-state index >= 15 is 0 Å². The van der Waals surface area contributed by atoms with Gasteiger partial charge < -0.3 is 10.3 Å². The molecule has 3 rings (SSSR count). The standard InChI is InChI=1S/C14H20N4O3S/c1-2-12-11-7-10(8-16-13(11)21-17-12)22(19,20)18-14(9-15)5-3-4-6-14/h7-8,18H,2-6,9,15H2,1H3. The molecular weight excluding hydrogens is 304 g/mol. The van der Waals surface area contributed by atoms with Gasteiger partial charge in [0.15, 0.2) is 0 Å². The number of sulfonamides is 1. The Morgan fingerprint density at radius 2 is 2.14 bits per heavy atom. The molecule has 22 heavy (non-hydrogen) atoms. The van der Waals surface area contributed by atoms with Crippen LogP contribution in [0.5, 0.6) is 0 Å². The van der Waals surface area contributed by atoms with E-state index in [-0.39, 0.29) is 4.90 Å². The second-order valence-electron chi connectivity index (χ2n) is 5.80. The van der Waals surface area contributed by atoms with E-state index in [1.807, 2.05) is 6.92 Å². The van der Waals surface area contributed by atoms with Crippen molar-refractivity contribution in [1.29, 1.82) is 0 Å². The van der Waals surface area contributed by atoms with Crippen LogP contribution < -0.4 is 10.5 Å². The van der Waals surface area contributed by atoms with Crippen molar-refractivity contribution in [3.8, 4) is 0 Å². The van der Waals surface area contributed by atoms with Crippen LogP contribution in [0.1, 0.15) is 38.3 Å². The molecule has 1 fully saturated rings. The minimum absolute atomic E-state index is 0.123. The number of pyridine rings is 1. The van der Waals surface area contributed by atoms with Gasteiger partial charge in [-0.3, -0.25) is 0 Å². The maximum atomic E-state index is 12.7. The Morgan fingerprint density at radius 3 is 2.77 bits per heavy atom. The zero-order valence-electron chi connectivity index (χ0n) is 12.5. The van der Waals surface area contributed by atoms with Gasteiger partial charge in [-0.05, 0) is 25.3 Å². The SMILES string of the molecule is CCc1noc2ncc(S(=O)(=O)NC3(CN)CCCC3)cc12. The van der Waals surface area contributed by atoms with Crippen molar-refractivity contribution in [2.24, 2.45) is 5.73 Å². The van der Waals surface area contributed by atoms with E-state index in [2.05, 4.69) is 14.9 Å². The molecule has 0 aliphatic heterocycles. The highest BCUT2D eigenvalue weighted by atomic mass is 32.2. The molecular formula is C14H20N4O3S. The van der Waals surface area contributed by atoms with Gasteiger partial charge in [0, 0.05) is 12.1 Å². The van der Waals surface area contributed by atoms with E-state index in [1.165, 1.54) is 6.20 Å². The molecule has 2 aromatic rings. The number of nitrogens with two attached hydrogens (primary N) is 1. The average molecular weight is 324 g/mol. The quantitative estimate of drug-likeness (QED) is 0.858. The second-order valence-corrected chi connectivity index (χ2v) is 7.49. The Bertz CT molecular complexity index is 778. The van der Waals surface area contributed by atoms with Gasteiger partial charge in [-0.2, -0.15) is 0 Å². The summed E-state index contributed by atoms with van der Waals surface area (Å²) in [5, 5.41) is 4.53. The molecule has 3 N–H and O–H groups in total. The van der Waals surface area contributed by atoms with Gasteiger partial charge in [0.25, 0.3) is 5.71 Å². The lowest BCUT2D eigenvalue weighted by atomic mass is 10.0. The highest BCUT2D eigenvalue weighted by molar-refractivity contribution is 7.89. The Labute approximate surface area is 129 Å². The lowest BCUT2D eigenvalue weighted by Crippen LogP contribution is -2.51. The third-order valence-electron chi connectivity index (χ3n) is 4.33. The molecule has 1 aliphatic rings. The van der Waals surface area contributed by atoms with Crippen LogP contribution in [-0.4, -0.2) is 30.6 Å². The van der Waals surface area contributed by atoms with E-state index < -0.39 is 15.6 Å². The van der Waals surface area contributed by atoms with Crippen LogP contribution >= 0.6 is 0 Å². The van der Waals surface area contributed by atoms with E-state index in [4.69, 9.17) is 10.3 Å². The normalized spacial score (nSPS) is 18.1. The average Bonchev–Trinajstić information content (AvgIpc) is 3.13. The lowest BCUT2D eigenvalue weighted by Gasteiger charge is -2.28. The number of aromatic nitrogens is 2. The first kappa shape index (κ1) is 15.4. The molecule has 0 amide bonds. The summed E-state index contributed by atoms with van der Waals surface area (Å²) in [6.45, 7) is 2.23. The van der Waals surface area contributed by atoms with Crippen LogP contribution in [0.3, 0.4) is 0 Å². The van der Waals surface area contributed by atoms with Crippen LogP contribution in [0.25, 0.3) is 11.1 Å². The molecule has 1 aliphatic carbocycles. The highest BCUT2D eigenvalue weighted by Gasteiger charge is 2.37. The maximum Gasteiger partial charge on any atom is 0.258 e. The summed E-state index contributed by atoms with van der Waals surface area (Å²) >= 11 is 0. The molecule has 0 bridgehead atoms. The summed E-state index contributed by atoms with van der Waals surface area (Å²) in [5.41, 5.74) is 6.33. The maximum absolute atomic E-state index is 12.7. The number of rotatable bonds is 5. The van der Waals surface area contributed by atoms with Gasteiger partial charge >= 0.3 is 0 Å². The Balaban J connectivity index is 1.98. The van der Waals surface area contributed by atoms with Crippen LogP contribution in [0.2, 0.25) is 0 Å². The van der Waals surface area contributed by atoms with Crippen molar-refractivity contribution < 1.29 is 12.9 Å². The van der Waals surface area contributed by atoms with Crippen molar-refractivity contribution >= 4 is 21.1 Å². The van der Waals surface area contributed by atoms with E-state index in [9.17, 15) is 8.42 Å². The van der Waals surface area contributed by atoms with Crippen molar-refractivity contribution in [3.63, 3.8) is 0 Å². The number of hydrogen-bond donors (Lipinski definition) is 2.